The lowest BCUT2D eigenvalue weighted by atomic mass is 10.2. The molecule has 0 atom stereocenters. The largest absolute Gasteiger partial charge is 0.463 e. The maximum Gasteiger partial charge on any atom is 0.323 e. The van der Waals surface area contributed by atoms with Crippen molar-refractivity contribution in [3.63, 3.8) is 0 Å². The molecule has 1 N–H and O–H groups in total. The molecule has 2 aromatic heterocycles. The van der Waals surface area contributed by atoms with Crippen molar-refractivity contribution in [1.82, 2.24) is 29.7 Å². The molecule has 0 amide bonds. The van der Waals surface area contributed by atoms with Gasteiger partial charge in [-0.05, 0) is 5.92 Å². The van der Waals surface area contributed by atoms with Gasteiger partial charge in [0.25, 0.3) is 5.95 Å². The van der Waals surface area contributed by atoms with E-state index in [1.54, 1.807) is 7.05 Å². The van der Waals surface area contributed by atoms with Gasteiger partial charge in [-0.15, -0.1) is 0 Å². The van der Waals surface area contributed by atoms with Crippen LogP contribution in [0.1, 0.15) is 13.8 Å². The second-order valence-corrected chi connectivity index (χ2v) is 4.04. The highest BCUT2D eigenvalue weighted by Crippen LogP contribution is 2.10. The normalized spacial score (nSPS) is 10.7. The number of aromatic nitrogens is 6. The van der Waals surface area contributed by atoms with E-state index in [2.05, 4.69) is 44.2 Å². The third-order valence-electron chi connectivity index (χ3n) is 2.00. The maximum absolute atomic E-state index is 5.48. The van der Waals surface area contributed by atoms with Crippen molar-refractivity contribution < 1.29 is 4.74 Å². The van der Waals surface area contributed by atoms with E-state index in [9.17, 15) is 0 Å². The highest BCUT2D eigenvalue weighted by Gasteiger charge is 2.09. The molecule has 2 rings (SSSR count). The number of rotatable bonds is 5. The average Bonchev–Trinajstić information content (AvgIpc) is 2.89. The van der Waals surface area contributed by atoms with E-state index in [1.165, 1.54) is 17.3 Å². The molecular weight excluding hydrogens is 234 g/mol. The molecule has 8 heteroatoms. The molecule has 0 radical (unpaired) electrons. The zero-order valence-corrected chi connectivity index (χ0v) is 10.5. The Labute approximate surface area is 104 Å². The van der Waals surface area contributed by atoms with E-state index < -0.39 is 0 Å². The van der Waals surface area contributed by atoms with Crippen molar-refractivity contribution in [1.29, 1.82) is 0 Å². The summed E-state index contributed by atoms with van der Waals surface area (Å²) >= 11 is 0. The Hall–Kier alpha value is -2.25. The smallest absolute Gasteiger partial charge is 0.323 e. The van der Waals surface area contributed by atoms with E-state index in [0.29, 0.717) is 24.4 Å². The van der Waals surface area contributed by atoms with Gasteiger partial charge in [0.2, 0.25) is 5.95 Å². The van der Waals surface area contributed by atoms with Crippen LogP contribution in [0.5, 0.6) is 6.01 Å². The van der Waals surface area contributed by atoms with E-state index >= 15 is 0 Å². The monoisotopic (exact) mass is 249 g/mol. The van der Waals surface area contributed by atoms with Gasteiger partial charge in [-0.25, -0.2) is 4.98 Å². The summed E-state index contributed by atoms with van der Waals surface area (Å²) in [6, 6.07) is 0.272. The zero-order valence-electron chi connectivity index (χ0n) is 10.5. The Bertz CT molecular complexity index is 497. The molecule has 2 aromatic rings. The minimum Gasteiger partial charge on any atom is -0.463 e. The fourth-order valence-corrected chi connectivity index (χ4v) is 1.18. The number of nitrogens with one attached hydrogen (secondary N) is 1. The number of hydrogen-bond donors (Lipinski definition) is 1. The van der Waals surface area contributed by atoms with Gasteiger partial charge in [0.1, 0.15) is 12.7 Å². The predicted molar refractivity (Wildman–Crippen MR) is 64.6 cm³/mol. The lowest BCUT2D eigenvalue weighted by molar-refractivity contribution is 0.250. The van der Waals surface area contributed by atoms with Gasteiger partial charge in [-0.3, -0.25) is 0 Å². The summed E-state index contributed by atoms with van der Waals surface area (Å²) < 4.78 is 6.93. The molecule has 18 heavy (non-hydrogen) atoms. The van der Waals surface area contributed by atoms with Crippen LogP contribution in [0.15, 0.2) is 12.7 Å². The van der Waals surface area contributed by atoms with Crippen LogP contribution in [0, 0.1) is 5.92 Å². The van der Waals surface area contributed by atoms with Gasteiger partial charge in [0, 0.05) is 7.05 Å². The quantitative estimate of drug-likeness (QED) is 0.826. The molecule has 0 saturated heterocycles. The van der Waals surface area contributed by atoms with Crippen molar-refractivity contribution in [2.24, 2.45) is 5.92 Å². The summed E-state index contributed by atoms with van der Waals surface area (Å²) in [7, 11) is 1.73. The Morgan fingerprint density at radius 1 is 1.33 bits per heavy atom. The number of ether oxygens (including phenoxy) is 1. The van der Waals surface area contributed by atoms with E-state index in [4.69, 9.17) is 4.74 Å². The van der Waals surface area contributed by atoms with Gasteiger partial charge in [-0.2, -0.15) is 24.7 Å². The third-order valence-corrected chi connectivity index (χ3v) is 2.00. The van der Waals surface area contributed by atoms with Crippen molar-refractivity contribution >= 4 is 5.95 Å². The van der Waals surface area contributed by atoms with Crippen LogP contribution in [-0.4, -0.2) is 43.4 Å². The maximum atomic E-state index is 5.48. The molecule has 96 valence electrons. The van der Waals surface area contributed by atoms with Crippen LogP contribution in [0.2, 0.25) is 0 Å². The fourth-order valence-electron chi connectivity index (χ4n) is 1.18. The number of anilines is 1. The minimum absolute atomic E-state index is 0.272. The van der Waals surface area contributed by atoms with Crippen LogP contribution in [0.3, 0.4) is 0 Å². The molecule has 0 spiro atoms. The number of hydrogen-bond acceptors (Lipinski definition) is 7. The Morgan fingerprint density at radius 3 is 2.78 bits per heavy atom. The van der Waals surface area contributed by atoms with E-state index in [1.807, 2.05) is 0 Å². The highest BCUT2D eigenvalue weighted by atomic mass is 16.5. The van der Waals surface area contributed by atoms with Crippen LogP contribution < -0.4 is 10.1 Å². The van der Waals surface area contributed by atoms with Gasteiger partial charge < -0.3 is 10.1 Å². The average molecular weight is 249 g/mol. The Kier molecular flexibility index (Phi) is 3.66. The summed E-state index contributed by atoms with van der Waals surface area (Å²) in [4.78, 5) is 16.3. The lowest BCUT2D eigenvalue weighted by Crippen LogP contribution is -2.12. The van der Waals surface area contributed by atoms with Crippen LogP contribution in [-0.2, 0) is 0 Å². The predicted octanol–water partition coefficient (Wildman–Crippen LogP) is 0.529. The molecule has 0 unspecified atom stereocenters. The standard InChI is InChI=1S/C10H15N7O/c1-7(2)4-18-10-15-8(11-3)14-9(16-10)17-6-12-5-13-17/h5-7H,4H2,1-3H3,(H,11,14,15,16). The lowest BCUT2D eigenvalue weighted by Gasteiger charge is -2.09. The summed E-state index contributed by atoms with van der Waals surface area (Å²) in [5, 5.41) is 6.82. The molecule has 8 nitrogen and oxygen atoms in total. The number of nitrogens with zero attached hydrogens (tertiary/aromatic N) is 6. The van der Waals surface area contributed by atoms with Crippen LogP contribution >= 0.6 is 0 Å². The molecule has 0 saturated carbocycles. The van der Waals surface area contributed by atoms with Gasteiger partial charge in [0.05, 0.1) is 6.61 Å². The first kappa shape index (κ1) is 12.2. The summed E-state index contributed by atoms with van der Waals surface area (Å²) in [5.74, 6) is 1.19. The van der Waals surface area contributed by atoms with Crippen molar-refractivity contribution in [3.8, 4) is 12.0 Å². The molecule has 0 aromatic carbocycles. The summed E-state index contributed by atoms with van der Waals surface area (Å²) in [5.41, 5.74) is 0. The molecule has 0 aliphatic carbocycles. The van der Waals surface area contributed by atoms with Gasteiger partial charge >= 0.3 is 6.01 Å². The van der Waals surface area contributed by atoms with Gasteiger partial charge in [0.15, 0.2) is 0 Å². The Balaban J connectivity index is 2.27. The first-order valence-corrected chi connectivity index (χ1v) is 5.60. The topological polar surface area (TPSA) is 90.6 Å². The second-order valence-electron chi connectivity index (χ2n) is 4.04. The SMILES string of the molecule is CNc1nc(OCC(C)C)nc(-n2cncn2)n1. The third kappa shape index (κ3) is 2.90. The molecule has 0 bridgehead atoms. The van der Waals surface area contributed by atoms with E-state index in [0.717, 1.165) is 0 Å². The molecule has 0 aliphatic heterocycles. The first-order chi connectivity index (χ1) is 8.69. The molecular formula is C10H15N7O. The Morgan fingerprint density at radius 2 is 2.17 bits per heavy atom. The minimum atomic E-state index is 0.272. The molecule has 0 aliphatic rings. The fraction of sp³-hybridized carbons (Fsp3) is 0.500. The molecule has 2 heterocycles. The van der Waals surface area contributed by atoms with Crippen molar-refractivity contribution in [2.75, 3.05) is 19.0 Å². The second kappa shape index (κ2) is 5.39. The van der Waals surface area contributed by atoms with Gasteiger partial charge in [-0.1, -0.05) is 13.8 Å². The summed E-state index contributed by atoms with van der Waals surface area (Å²) in [6.45, 7) is 4.65. The molecule has 0 fully saturated rings. The summed E-state index contributed by atoms with van der Waals surface area (Å²) in [6.07, 6.45) is 2.93. The van der Waals surface area contributed by atoms with Crippen molar-refractivity contribution in [3.05, 3.63) is 12.7 Å². The van der Waals surface area contributed by atoms with Crippen LogP contribution in [0.4, 0.5) is 5.95 Å². The van der Waals surface area contributed by atoms with E-state index in [-0.39, 0.29) is 6.01 Å². The zero-order chi connectivity index (χ0) is 13.0. The first-order valence-electron chi connectivity index (χ1n) is 5.60. The van der Waals surface area contributed by atoms with Crippen molar-refractivity contribution in [2.45, 2.75) is 13.8 Å². The highest BCUT2D eigenvalue weighted by molar-refractivity contribution is 5.28. The van der Waals surface area contributed by atoms with Crippen LogP contribution in [0.25, 0.3) is 5.95 Å².